The molecule has 0 bridgehead atoms. The molecule has 0 unspecified atom stereocenters. The van der Waals surface area contributed by atoms with E-state index in [-0.39, 0.29) is 17.8 Å². The molecule has 14 heavy (non-hydrogen) atoms. The maximum absolute atomic E-state index is 10.9. The zero-order chi connectivity index (χ0) is 10.1. The molecular weight excluding hydrogens is 180 g/mol. The third kappa shape index (κ3) is 1.39. The van der Waals surface area contributed by atoms with Gasteiger partial charge in [-0.15, -0.1) is 0 Å². The number of carbonyl (C=O) groups excluding carboxylic acids is 1. The largest absolute Gasteiger partial charge is 0.507 e. The smallest absolute Gasteiger partial charge is 0.315 e. The van der Waals surface area contributed by atoms with E-state index in [0.717, 1.165) is 11.1 Å². The Morgan fingerprint density at radius 2 is 2.29 bits per heavy atom. The predicted octanol–water partition coefficient (Wildman–Crippen LogP) is 1.05. The van der Waals surface area contributed by atoms with Gasteiger partial charge in [0.15, 0.2) is 0 Å². The van der Waals surface area contributed by atoms with Crippen LogP contribution in [0.5, 0.6) is 5.75 Å². The van der Waals surface area contributed by atoms with E-state index in [1.165, 1.54) is 0 Å². The summed E-state index contributed by atoms with van der Waals surface area (Å²) in [5, 5.41) is 15.1. The Balaban J connectivity index is 2.32. The molecule has 0 spiro atoms. The molecule has 3 N–H and O–H groups in total. The summed E-state index contributed by atoms with van der Waals surface area (Å²) in [4.78, 5) is 10.9. The van der Waals surface area contributed by atoms with E-state index in [2.05, 4.69) is 10.6 Å². The standard InChI is InChI=1S/C10H12N2O2/c1-6-3-2-4-7(9(6)13)8-5-11-10(14)12-8/h2-4,8,13H,5H2,1H3,(H2,11,12,14)/t8-/m1/s1. The summed E-state index contributed by atoms with van der Waals surface area (Å²) < 4.78 is 0. The second kappa shape index (κ2) is 3.21. The Kier molecular flexibility index (Phi) is 2.04. The van der Waals surface area contributed by atoms with E-state index >= 15 is 0 Å². The highest BCUT2D eigenvalue weighted by atomic mass is 16.3. The van der Waals surface area contributed by atoms with E-state index in [4.69, 9.17) is 0 Å². The SMILES string of the molecule is Cc1cccc([C@H]2CNC(=O)N2)c1O. The predicted molar refractivity (Wildman–Crippen MR) is 52.1 cm³/mol. The highest BCUT2D eigenvalue weighted by molar-refractivity contribution is 5.77. The number of hydrogen-bond acceptors (Lipinski definition) is 2. The van der Waals surface area contributed by atoms with Gasteiger partial charge in [-0.25, -0.2) is 4.79 Å². The summed E-state index contributed by atoms with van der Waals surface area (Å²) in [6, 6.07) is 5.22. The molecule has 0 aliphatic carbocycles. The van der Waals surface area contributed by atoms with Crippen LogP contribution in [0.3, 0.4) is 0 Å². The molecule has 4 heteroatoms. The Bertz CT molecular complexity index is 376. The zero-order valence-electron chi connectivity index (χ0n) is 7.87. The van der Waals surface area contributed by atoms with Gasteiger partial charge in [0.25, 0.3) is 0 Å². The van der Waals surface area contributed by atoms with E-state index in [9.17, 15) is 9.90 Å². The lowest BCUT2D eigenvalue weighted by atomic mass is 10.0. The first-order valence-electron chi connectivity index (χ1n) is 4.51. The Hall–Kier alpha value is -1.71. The molecule has 1 fully saturated rings. The number of amides is 2. The van der Waals surface area contributed by atoms with Gasteiger partial charge in [0.1, 0.15) is 5.75 Å². The van der Waals surface area contributed by atoms with Crippen LogP contribution >= 0.6 is 0 Å². The Morgan fingerprint density at radius 3 is 2.93 bits per heavy atom. The van der Waals surface area contributed by atoms with Crippen molar-refractivity contribution < 1.29 is 9.90 Å². The molecule has 1 aromatic carbocycles. The summed E-state index contributed by atoms with van der Waals surface area (Å²) in [6.45, 7) is 2.36. The van der Waals surface area contributed by atoms with Crippen LogP contribution in [-0.2, 0) is 0 Å². The molecule has 1 aliphatic rings. The van der Waals surface area contributed by atoms with Crippen molar-refractivity contribution in [3.8, 4) is 5.75 Å². The van der Waals surface area contributed by atoms with Crippen LogP contribution < -0.4 is 10.6 Å². The number of carbonyl (C=O) groups is 1. The number of rotatable bonds is 1. The topological polar surface area (TPSA) is 61.4 Å². The molecule has 1 aliphatic heterocycles. The first kappa shape index (κ1) is 8.87. The fraction of sp³-hybridized carbons (Fsp3) is 0.300. The molecule has 2 rings (SSSR count). The number of para-hydroxylation sites is 1. The van der Waals surface area contributed by atoms with Crippen molar-refractivity contribution in [2.45, 2.75) is 13.0 Å². The van der Waals surface area contributed by atoms with Crippen LogP contribution in [0.2, 0.25) is 0 Å². The van der Waals surface area contributed by atoms with Crippen molar-refractivity contribution >= 4 is 6.03 Å². The lowest BCUT2D eigenvalue weighted by Crippen LogP contribution is -2.21. The first-order chi connectivity index (χ1) is 6.68. The number of benzene rings is 1. The summed E-state index contributed by atoms with van der Waals surface area (Å²) in [6.07, 6.45) is 0. The van der Waals surface area contributed by atoms with E-state index in [0.29, 0.717) is 6.54 Å². The van der Waals surface area contributed by atoms with Gasteiger partial charge < -0.3 is 15.7 Å². The normalized spacial score (nSPS) is 20.4. The van der Waals surface area contributed by atoms with Gasteiger partial charge >= 0.3 is 6.03 Å². The fourth-order valence-corrected chi connectivity index (χ4v) is 1.61. The number of urea groups is 1. The Morgan fingerprint density at radius 1 is 1.50 bits per heavy atom. The van der Waals surface area contributed by atoms with Gasteiger partial charge in [-0.1, -0.05) is 18.2 Å². The van der Waals surface area contributed by atoms with Crippen LogP contribution in [0, 0.1) is 6.92 Å². The number of phenols is 1. The van der Waals surface area contributed by atoms with Crippen molar-refractivity contribution in [3.63, 3.8) is 0 Å². The first-order valence-corrected chi connectivity index (χ1v) is 4.51. The monoisotopic (exact) mass is 192 g/mol. The Labute approximate surface area is 81.9 Å². The second-order valence-electron chi connectivity index (χ2n) is 3.42. The van der Waals surface area contributed by atoms with Gasteiger partial charge in [-0.05, 0) is 12.5 Å². The van der Waals surface area contributed by atoms with E-state index in [1.807, 2.05) is 25.1 Å². The number of phenolic OH excluding ortho intramolecular Hbond substituents is 1. The molecule has 1 aromatic rings. The maximum Gasteiger partial charge on any atom is 0.315 e. The molecule has 74 valence electrons. The van der Waals surface area contributed by atoms with Gasteiger partial charge in [-0.3, -0.25) is 0 Å². The molecular formula is C10H12N2O2. The summed E-state index contributed by atoms with van der Waals surface area (Å²) in [5.41, 5.74) is 1.59. The minimum atomic E-state index is -0.184. The number of aromatic hydroxyl groups is 1. The molecule has 0 aromatic heterocycles. The van der Waals surface area contributed by atoms with Crippen molar-refractivity contribution in [1.82, 2.24) is 10.6 Å². The van der Waals surface area contributed by atoms with Gasteiger partial charge in [0.05, 0.1) is 6.04 Å². The van der Waals surface area contributed by atoms with Crippen LogP contribution in [0.25, 0.3) is 0 Å². The molecule has 0 radical (unpaired) electrons. The quantitative estimate of drug-likeness (QED) is 0.623. The highest BCUT2D eigenvalue weighted by Gasteiger charge is 2.24. The van der Waals surface area contributed by atoms with E-state index in [1.54, 1.807) is 0 Å². The minimum absolute atomic E-state index is 0.123. The fourth-order valence-electron chi connectivity index (χ4n) is 1.61. The van der Waals surface area contributed by atoms with Crippen molar-refractivity contribution in [2.24, 2.45) is 0 Å². The van der Waals surface area contributed by atoms with Crippen molar-refractivity contribution in [2.75, 3.05) is 6.54 Å². The lowest BCUT2D eigenvalue weighted by Gasteiger charge is -2.12. The third-order valence-electron chi connectivity index (χ3n) is 2.42. The number of aryl methyl sites for hydroxylation is 1. The van der Waals surface area contributed by atoms with Gasteiger partial charge in [-0.2, -0.15) is 0 Å². The van der Waals surface area contributed by atoms with Crippen LogP contribution in [0.4, 0.5) is 4.79 Å². The number of nitrogens with one attached hydrogen (secondary N) is 2. The van der Waals surface area contributed by atoms with Crippen molar-refractivity contribution in [1.29, 1.82) is 0 Å². The maximum atomic E-state index is 10.9. The lowest BCUT2D eigenvalue weighted by molar-refractivity contribution is 0.247. The summed E-state index contributed by atoms with van der Waals surface area (Å²) >= 11 is 0. The zero-order valence-corrected chi connectivity index (χ0v) is 7.87. The highest BCUT2D eigenvalue weighted by Crippen LogP contribution is 2.28. The molecule has 4 nitrogen and oxygen atoms in total. The second-order valence-corrected chi connectivity index (χ2v) is 3.42. The van der Waals surface area contributed by atoms with Gasteiger partial charge in [0.2, 0.25) is 0 Å². The van der Waals surface area contributed by atoms with Crippen LogP contribution in [0.1, 0.15) is 17.2 Å². The molecule has 0 saturated carbocycles. The molecule has 2 amide bonds. The molecule has 1 saturated heterocycles. The number of hydrogen-bond donors (Lipinski definition) is 3. The van der Waals surface area contributed by atoms with E-state index < -0.39 is 0 Å². The average molecular weight is 192 g/mol. The summed E-state index contributed by atoms with van der Waals surface area (Å²) in [5.74, 6) is 0.265. The van der Waals surface area contributed by atoms with Crippen molar-refractivity contribution in [3.05, 3.63) is 29.3 Å². The third-order valence-corrected chi connectivity index (χ3v) is 2.42. The molecule has 1 heterocycles. The minimum Gasteiger partial charge on any atom is -0.507 e. The van der Waals surface area contributed by atoms with Gasteiger partial charge in [0, 0.05) is 12.1 Å². The summed E-state index contributed by atoms with van der Waals surface area (Å²) in [7, 11) is 0. The average Bonchev–Trinajstić information content (AvgIpc) is 2.57. The van der Waals surface area contributed by atoms with Crippen LogP contribution in [-0.4, -0.2) is 17.7 Å². The van der Waals surface area contributed by atoms with Crippen LogP contribution in [0.15, 0.2) is 18.2 Å². The molecule has 1 atom stereocenters.